The first-order valence-corrected chi connectivity index (χ1v) is 8.78. The van der Waals surface area contributed by atoms with Gasteiger partial charge in [-0.05, 0) is 24.1 Å². The highest BCUT2D eigenvalue weighted by atomic mass is 35.5. The van der Waals surface area contributed by atoms with Gasteiger partial charge in [0.05, 0.1) is 29.7 Å². The molecule has 1 unspecified atom stereocenters. The lowest BCUT2D eigenvalue weighted by molar-refractivity contribution is -0.384. The van der Waals surface area contributed by atoms with Gasteiger partial charge in [-0.25, -0.2) is 4.79 Å². The molecule has 0 aromatic heterocycles. The number of nitrogens with zero attached hydrogens (tertiary/aromatic N) is 2. The standard InChI is InChI=1S/C19H19ClN2O5/c1-26-18-6-4-3-5-13(18)12-7-8-21(11-12)16-10-15(20)14(19(23)27-2)9-17(16)22(24)25/h3-6,9-10,12H,7-8,11H2,1-2H3. The lowest BCUT2D eigenvalue weighted by Gasteiger charge is -2.20. The molecule has 1 saturated heterocycles. The van der Waals surface area contributed by atoms with E-state index in [1.807, 2.05) is 29.2 Å². The maximum atomic E-state index is 11.8. The molecule has 2 aromatic carbocycles. The fraction of sp³-hybridized carbons (Fsp3) is 0.316. The highest BCUT2D eigenvalue weighted by molar-refractivity contribution is 6.34. The van der Waals surface area contributed by atoms with Crippen LogP contribution in [0.1, 0.15) is 28.3 Å². The molecule has 1 fully saturated rings. The van der Waals surface area contributed by atoms with Crippen LogP contribution in [0.25, 0.3) is 0 Å². The number of carbonyl (C=O) groups excluding carboxylic acids is 1. The Kier molecular flexibility index (Phi) is 5.51. The fourth-order valence-electron chi connectivity index (χ4n) is 3.45. The topological polar surface area (TPSA) is 81.9 Å². The van der Waals surface area contributed by atoms with Crippen LogP contribution in [0.2, 0.25) is 5.02 Å². The number of methoxy groups -OCH3 is 2. The Balaban J connectivity index is 1.94. The van der Waals surface area contributed by atoms with Gasteiger partial charge in [0.25, 0.3) is 5.69 Å². The predicted octanol–water partition coefficient (Wildman–Crippen LogP) is 4.04. The van der Waals surface area contributed by atoms with Gasteiger partial charge in [-0.1, -0.05) is 29.8 Å². The molecule has 7 nitrogen and oxygen atoms in total. The van der Waals surface area contributed by atoms with E-state index in [1.54, 1.807) is 7.11 Å². The SMILES string of the molecule is COC(=O)c1cc([N+](=O)[O-])c(N2CCC(c3ccccc3OC)C2)cc1Cl. The normalized spacial score (nSPS) is 16.3. The van der Waals surface area contributed by atoms with Crippen molar-refractivity contribution in [3.8, 4) is 5.75 Å². The van der Waals surface area contributed by atoms with E-state index >= 15 is 0 Å². The first kappa shape index (κ1) is 19.0. The van der Waals surface area contributed by atoms with Crippen molar-refractivity contribution in [2.24, 2.45) is 0 Å². The maximum Gasteiger partial charge on any atom is 0.339 e. The molecule has 1 aliphatic heterocycles. The molecule has 3 rings (SSSR count). The summed E-state index contributed by atoms with van der Waals surface area (Å²) in [4.78, 5) is 24.8. The summed E-state index contributed by atoms with van der Waals surface area (Å²) in [6, 6.07) is 10.4. The van der Waals surface area contributed by atoms with Crippen molar-refractivity contribution in [1.82, 2.24) is 0 Å². The number of benzene rings is 2. The molecule has 1 atom stereocenters. The van der Waals surface area contributed by atoms with Crippen LogP contribution in [0.3, 0.4) is 0 Å². The van der Waals surface area contributed by atoms with Gasteiger partial charge < -0.3 is 14.4 Å². The van der Waals surface area contributed by atoms with Gasteiger partial charge in [-0.2, -0.15) is 0 Å². The second-order valence-corrected chi connectivity index (χ2v) is 6.65. The molecular weight excluding hydrogens is 372 g/mol. The number of carbonyl (C=O) groups is 1. The smallest absolute Gasteiger partial charge is 0.339 e. The van der Waals surface area contributed by atoms with Crippen molar-refractivity contribution in [2.45, 2.75) is 12.3 Å². The summed E-state index contributed by atoms with van der Waals surface area (Å²) in [5, 5.41) is 11.7. The van der Waals surface area contributed by atoms with Gasteiger partial charge in [-0.3, -0.25) is 10.1 Å². The largest absolute Gasteiger partial charge is 0.496 e. The van der Waals surface area contributed by atoms with Crippen LogP contribution >= 0.6 is 11.6 Å². The van der Waals surface area contributed by atoms with Gasteiger partial charge in [0.15, 0.2) is 0 Å². The van der Waals surface area contributed by atoms with E-state index < -0.39 is 10.9 Å². The van der Waals surface area contributed by atoms with Crippen LogP contribution in [-0.4, -0.2) is 38.2 Å². The van der Waals surface area contributed by atoms with Gasteiger partial charge in [0, 0.05) is 25.1 Å². The van der Waals surface area contributed by atoms with Crippen LogP contribution in [0, 0.1) is 10.1 Å². The number of nitro benzene ring substituents is 1. The summed E-state index contributed by atoms with van der Waals surface area (Å²) >= 11 is 6.19. The Hall–Kier alpha value is -2.80. The van der Waals surface area contributed by atoms with Gasteiger partial charge >= 0.3 is 5.97 Å². The Morgan fingerprint density at radius 3 is 2.70 bits per heavy atom. The second-order valence-electron chi connectivity index (χ2n) is 6.24. The Morgan fingerprint density at radius 1 is 1.30 bits per heavy atom. The molecule has 142 valence electrons. The van der Waals surface area contributed by atoms with Crippen molar-refractivity contribution in [1.29, 1.82) is 0 Å². The van der Waals surface area contributed by atoms with E-state index in [1.165, 1.54) is 19.2 Å². The summed E-state index contributed by atoms with van der Waals surface area (Å²) in [6.45, 7) is 1.23. The molecule has 0 saturated carbocycles. The highest BCUT2D eigenvalue weighted by Gasteiger charge is 2.31. The van der Waals surface area contributed by atoms with Crippen molar-refractivity contribution in [2.75, 3.05) is 32.2 Å². The van der Waals surface area contributed by atoms with Crippen LogP contribution < -0.4 is 9.64 Å². The van der Waals surface area contributed by atoms with Gasteiger partial charge in [0.1, 0.15) is 11.4 Å². The first-order valence-electron chi connectivity index (χ1n) is 8.40. The number of rotatable bonds is 5. The third kappa shape index (κ3) is 3.68. The summed E-state index contributed by atoms with van der Waals surface area (Å²) in [5.41, 5.74) is 1.29. The van der Waals surface area contributed by atoms with Crippen LogP contribution in [0.4, 0.5) is 11.4 Å². The molecule has 1 heterocycles. The number of ether oxygens (including phenoxy) is 2. The third-order valence-corrected chi connectivity index (χ3v) is 5.09. The predicted molar refractivity (Wildman–Crippen MR) is 102 cm³/mol. The van der Waals surface area contributed by atoms with E-state index in [-0.39, 0.29) is 22.2 Å². The van der Waals surface area contributed by atoms with Crippen LogP contribution in [0.15, 0.2) is 36.4 Å². The Morgan fingerprint density at radius 2 is 2.04 bits per heavy atom. The molecule has 0 bridgehead atoms. The maximum absolute atomic E-state index is 11.8. The zero-order valence-electron chi connectivity index (χ0n) is 15.0. The number of para-hydroxylation sites is 1. The van der Waals surface area contributed by atoms with E-state index in [0.717, 1.165) is 17.7 Å². The van der Waals surface area contributed by atoms with Crippen LogP contribution in [-0.2, 0) is 4.74 Å². The molecule has 2 aromatic rings. The fourth-order valence-corrected chi connectivity index (χ4v) is 3.69. The number of hydrogen-bond donors (Lipinski definition) is 0. The van der Waals surface area contributed by atoms with E-state index in [4.69, 9.17) is 16.3 Å². The molecule has 1 aliphatic rings. The second kappa shape index (κ2) is 7.84. The highest BCUT2D eigenvalue weighted by Crippen LogP contribution is 2.40. The molecule has 0 radical (unpaired) electrons. The lowest BCUT2D eigenvalue weighted by atomic mass is 9.97. The number of halogens is 1. The first-order chi connectivity index (χ1) is 13.0. The van der Waals surface area contributed by atoms with Crippen molar-refractivity contribution in [3.05, 3.63) is 62.7 Å². The quantitative estimate of drug-likeness (QED) is 0.435. The molecule has 0 spiro atoms. The van der Waals surface area contributed by atoms with E-state index in [9.17, 15) is 14.9 Å². The average molecular weight is 391 g/mol. The van der Waals surface area contributed by atoms with Crippen molar-refractivity contribution >= 4 is 28.9 Å². The van der Waals surface area contributed by atoms with Crippen LogP contribution in [0.5, 0.6) is 5.75 Å². The minimum atomic E-state index is -0.706. The van der Waals surface area contributed by atoms with E-state index in [2.05, 4.69) is 4.74 Å². The number of esters is 1. The number of anilines is 1. The summed E-state index contributed by atoms with van der Waals surface area (Å²) in [7, 11) is 2.83. The van der Waals surface area contributed by atoms with Crippen molar-refractivity contribution < 1.29 is 19.2 Å². The molecule has 8 heteroatoms. The summed E-state index contributed by atoms with van der Waals surface area (Å²) < 4.78 is 10.1. The van der Waals surface area contributed by atoms with Crippen molar-refractivity contribution in [3.63, 3.8) is 0 Å². The minimum absolute atomic E-state index is 0.0184. The lowest BCUT2D eigenvalue weighted by Crippen LogP contribution is -2.21. The zero-order chi connectivity index (χ0) is 19.6. The Bertz CT molecular complexity index is 886. The van der Waals surface area contributed by atoms with E-state index in [0.29, 0.717) is 18.8 Å². The zero-order valence-corrected chi connectivity index (χ0v) is 15.7. The number of hydrogen-bond acceptors (Lipinski definition) is 6. The molecular formula is C19H19ClN2O5. The average Bonchev–Trinajstić information content (AvgIpc) is 3.16. The minimum Gasteiger partial charge on any atom is -0.496 e. The molecule has 0 amide bonds. The van der Waals surface area contributed by atoms with Gasteiger partial charge in [-0.15, -0.1) is 0 Å². The summed E-state index contributed by atoms with van der Waals surface area (Å²) in [6.07, 6.45) is 0.827. The summed E-state index contributed by atoms with van der Waals surface area (Å²) in [5.74, 6) is 0.278. The molecule has 27 heavy (non-hydrogen) atoms. The monoisotopic (exact) mass is 390 g/mol. The Labute approximate surface area is 161 Å². The molecule has 0 N–H and O–H groups in total. The third-order valence-electron chi connectivity index (χ3n) is 4.77. The molecule has 0 aliphatic carbocycles. The number of nitro groups is 1. The van der Waals surface area contributed by atoms with Gasteiger partial charge in [0.2, 0.25) is 0 Å².